The van der Waals surface area contributed by atoms with Gasteiger partial charge in [-0.15, -0.1) is 0 Å². The SMILES string of the molecule is CCCC1=C(OC)[N+](C)(C)CC(Br)=C1. The van der Waals surface area contributed by atoms with Gasteiger partial charge >= 0.3 is 0 Å². The van der Waals surface area contributed by atoms with Crippen molar-refractivity contribution >= 4 is 15.9 Å². The van der Waals surface area contributed by atoms with Crippen molar-refractivity contribution in [3.8, 4) is 0 Å². The minimum atomic E-state index is 0.795. The molecule has 14 heavy (non-hydrogen) atoms. The number of methoxy groups -OCH3 is 1. The van der Waals surface area contributed by atoms with Crippen molar-refractivity contribution in [2.24, 2.45) is 0 Å². The molecule has 1 aliphatic rings. The Bertz CT molecular complexity index is 279. The maximum absolute atomic E-state index is 5.51. The van der Waals surface area contributed by atoms with Crippen molar-refractivity contribution in [2.45, 2.75) is 19.8 Å². The summed E-state index contributed by atoms with van der Waals surface area (Å²) < 4.78 is 7.56. The molecule has 0 aliphatic carbocycles. The van der Waals surface area contributed by atoms with Gasteiger partial charge in [0.2, 0.25) is 0 Å². The first kappa shape index (κ1) is 11.8. The fraction of sp³-hybridized carbons (Fsp3) is 0.636. The van der Waals surface area contributed by atoms with Crippen molar-refractivity contribution in [1.29, 1.82) is 0 Å². The van der Waals surface area contributed by atoms with Crippen molar-refractivity contribution < 1.29 is 9.22 Å². The molecular weight excluding hydrogens is 242 g/mol. The van der Waals surface area contributed by atoms with Gasteiger partial charge in [-0.2, -0.15) is 0 Å². The summed E-state index contributed by atoms with van der Waals surface area (Å²) in [6.45, 7) is 3.16. The molecule has 0 amide bonds. The highest BCUT2D eigenvalue weighted by atomic mass is 79.9. The van der Waals surface area contributed by atoms with Crippen LogP contribution in [0.2, 0.25) is 0 Å². The van der Waals surface area contributed by atoms with Crippen LogP contribution >= 0.6 is 15.9 Å². The van der Waals surface area contributed by atoms with Crippen molar-refractivity contribution in [2.75, 3.05) is 27.7 Å². The largest absolute Gasteiger partial charge is 0.455 e. The number of nitrogens with zero attached hydrogens (tertiary/aromatic N) is 1. The Morgan fingerprint density at radius 2 is 2.14 bits per heavy atom. The van der Waals surface area contributed by atoms with Crippen LogP contribution in [0.5, 0.6) is 0 Å². The Hall–Kier alpha value is -0.280. The number of rotatable bonds is 3. The summed E-state index contributed by atoms with van der Waals surface area (Å²) in [5.41, 5.74) is 1.32. The van der Waals surface area contributed by atoms with Gasteiger partial charge in [0.1, 0.15) is 6.54 Å². The van der Waals surface area contributed by atoms with Gasteiger partial charge < -0.3 is 4.74 Å². The maximum Gasteiger partial charge on any atom is 0.294 e. The molecule has 0 fully saturated rings. The molecule has 1 heterocycles. The molecule has 1 aliphatic heterocycles. The monoisotopic (exact) mass is 260 g/mol. The average molecular weight is 261 g/mol. The van der Waals surface area contributed by atoms with Gasteiger partial charge in [-0.1, -0.05) is 13.3 Å². The first-order valence-corrected chi connectivity index (χ1v) is 5.77. The Morgan fingerprint density at radius 3 is 2.64 bits per heavy atom. The third kappa shape index (κ3) is 2.39. The number of halogens is 1. The van der Waals surface area contributed by atoms with Crippen LogP contribution in [0.15, 0.2) is 22.0 Å². The van der Waals surface area contributed by atoms with Gasteiger partial charge in [-0.3, -0.25) is 4.48 Å². The topological polar surface area (TPSA) is 9.23 Å². The highest BCUT2D eigenvalue weighted by molar-refractivity contribution is 9.11. The van der Waals surface area contributed by atoms with Crippen LogP contribution in [0.4, 0.5) is 0 Å². The van der Waals surface area contributed by atoms with E-state index in [1.54, 1.807) is 7.11 Å². The van der Waals surface area contributed by atoms with Crippen LogP contribution in [0, 0.1) is 0 Å². The maximum atomic E-state index is 5.51. The molecule has 0 aromatic carbocycles. The number of quaternary nitrogens is 1. The summed E-state index contributed by atoms with van der Waals surface area (Å²) in [7, 11) is 6.10. The summed E-state index contributed by atoms with van der Waals surface area (Å²) in [6, 6.07) is 0. The molecule has 2 nitrogen and oxygen atoms in total. The van der Waals surface area contributed by atoms with Gasteiger partial charge in [0, 0.05) is 0 Å². The van der Waals surface area contributed by atoms with Crippen LogP contribution < -0.4 is 0 Å². The molecule has 0 spiro atoms. The summed E-state index contributed by atoms with van der Waals surface area (Å²) in [5.74, 6) is 1.09. The average Bonchev–Trinajstić information content (AvgIpc) is 2.01. The number of likely N-dealkylation sites (N-methyl/N-ethyl adjacent to an activating group) is 1. The molecule has 0 aromatic rings. The predicted molar refractivity (Wildman–Crippen MR) is 62.9 cm³/mol. The highest BCUT2D eigenvalue weighted by Crippen LogP contribution is 2.30. The lowest BCUT2D eigenvalue weighted by Gasteiger charge is -2.33. The van der Waals surface area contributed by atoms with E-state index >= 15 is 0 Å². The standard InChI is InChI=1S/C11H19BrNO/c1-5-6-9-7-10(12)8-13(2,3)11(9)14-4/h7H,5-6,8H2,1-4H3/q+1. The fourth-order valence-electron chi connectivity index (χ4n) is 1.96. The predicted octanol–water partition coefficient (Wildman–Crippen LogP) is 3.01. The van der Waals surface area contributed by atoms with Crippen LogP contribution in [0.25, 0.3) is 0 Å². The molecule has 0 saturated carbocycles. The molecule has 0 aromatic heterocycles. The summed E-state index contributed by atoms with van der Waals surface area (Å²) >= 11 is 3.59. The smallest absolute Gasteiger partial charge is 0.294 e. The summed E-state index contributed by atoms with van der Waals surface area (Å²) in [5, 5.41) is 0. The van der Waals surface area contributed by atoms with E-state index in [1.165, 1.54) is 10.1 Å². The minimum absolute atomic E-state index is 0.795. The normalized spacial score (nSPS) is 20.8. The van der Waals surface area contributed by atoms with Gasteiger partial charge in [-0.05, 0) is 28.4 Å². The van der Waals surface area contributed by atoms with E-state index in [2.05, 4.69) is 43.0 Å². The number of allylic oxidation sites excluding steroid dienone is 2. The van der Waals surface area contributed by atoms with Gasteiger partial charge in [-0.25, -0.2) is 0 Å². The lowest BCUT2D eigenvalue weighted by Crippen LogP contribution is -2.42. The van der Waals surface area contributed by atoms with Crippen LogP contribution in [-0.4, -0.2) is 32.2 Å². The molecule has 0 N–H and O–H groups in total. The first-order chi connectivity index (χ1) is 6.51. The zero-order valence-corrected chi connectivity index (χ0v) is 11.0. The number of ether oxygens (including phenoxy) is 1. The third-order valence-electron chi connectivity index (χ3n) is 2.41. The molecule has 0 atom stereocenters. The Morgan fingerprint density at radius 1 is 1.50 bits per heavy atom. The van der Waals surface area contributed by atoms with Crippen molar-refractivity contribution in [3.05, 3.63) is 22.0 Å². The fourth-order valence-corrected chi connectivity index (χ4v) is 2.86. The van der Waals surface area contributed by atoms with E-state index in [9.17, 15) is 0 Å². The van der Waals surface area contributed by atoms with E-state index in [4.69, 9.17) is 4.74 Å². The van der Waals surface area contributed by atoms with Crippen LogP contribution in [0.3, 0.4) is 0 Å². The third-order valence-corrected chi connectivity index (χ3v) is 2.89. The van der Waals surface area contributed by atoms with E-state index in [1.807, 2.05) is 0 Å². The van der Waals surface area contributed by atoms with E-state index < -0.39 is 0 Å². The summed E-state index contributed by atoms with van der Waals surface area (Å²) in [4.78, 5) is 0. The summed E-state index contributed by atoms with van der Waals surface area (Å²) in [6.07, 6.45) is 4.44. The van der Waals surface area contributed by atoms with Crippen molar-refractivity contribution in [1.82, 2.24) is 0 Å². The Kier molecular flexibility index (Phi) is 3.78. The van der Waals surface area contributed by atoms with E-state index in [-0.39, 0.29) is 0 Å². The number of hydrogen-bond acceptors (Lipinski definition) is 1. The van der Waals surface area contributed by atoms with Crippen LogP contribution in [0.1, 0.15) is 19.8 Å². The Labute approximate surface area is 95.0 Å². The van der Waals surface area contributed by atoms with Gasteiger partial charge in [0.15, 0.2) is 0 Å². The quantitative estimate of drug-likeness (QED) is 0.709. The zero-order chi connectivity index (χ0) is 10.8. The highest BCUT2D eigenvalue weighted by Gasteiger charge is 2.31. The Balaban J connectivity index is 3.07. The van der Waals surface area contributed by atoms with Crippen LogP contribution in [-0.2, 0) is 4.74 Å². The van der Waals surface area contributed by atoms with Crippen molar-refractivity contribution in [3.63, 3.8) is 0 Å². The molecule has 0 unspecified atom stereocenters. The van der Waals surface area contributed by atoms with E-state index in [0.717, 1.165) is 29.8 Å². The molecule has 0 saturated heterocycles. The number of hydrogen-bond donors (Lipinski definition) is 0. The van der Waals surface area contributed by atoms with E-state index in [0.29, 0.717) is 0 Å². The lowest BCUT2D eigenvalue weighted by atomic mass is 10.1. The molecule has 80 valence electrons. The first-order valence-electron chi connectivity index (χ1n) is 4.98. The van der Waals surface area contributed by atoms with Gasteiger partial charge in [0.25, 0.3) is 5.88 Å². The molecular formula is C11H19BrNO+. The second kappa shape index (κ2) is 4.49. The van der Waals surface area contributed by atoms with Gasteiger partial charge in [0.05, 0.1) is 31.3 Å². The molecule has 1 rings (SSSR count). The molecule has 3 heteroatoms. The second-order valence-electron chi connectivity index (χ2n) is 4.22. The zero-order valence-electron chi connectivity index (χ0n) is 9.43. The molecule has 0 radical (unpaired) electrons. The second-order valence-corrected chi connectivity index (χ2v) is 5.24. The molecule has 0 bridgehead atoms. The minimum Gasteiger partial charge on any atom is -0.455 e. The lowest BCUT2D eigenvalue weighted by molar-refractivity contribution is -0.863.